The van der Waals surface area contributed by atoms with Gasteiger partial charge in [-0.1, -0.05) is 6.07 Å². The molecule has 3 aromatic heterocycles. The van der Waals surface area contributed by atoms with Crippen LogP contribution in [0.2, 0.25) is 0 Å². The van der Waals surface area contributed by atoms with Crippen LogP contribution in [0.15, 0.2) is 36.7 Å². The first-order chi connectivity index (χ1) is 11.6. The van der Waals surface area contributed by atoms with Crippen molar-refractivity contribution >= 4 is 5.91 Å². The molecule has 3 aromatic rings. The van der Waals surface area contributed by atoms with Gasteiger partial charge in [0, 0.05) is 26.5 Å². The van der Waals surface area contributed by atoms with E-state index in [4.69, 9.17) is 4.74 Å². The van der Waals surface area contributed by atoms with Gasteiger partial charge in [-0.3, -0.25) is 19.1 Å². The normalized spacial score (nSPS) is 10.6. The van der Waals surface area contributed by atoms with Crippen molar-refractivity contribution in [3.05, 3.63) is 47.9 Å². The first-order valence-corrected chi connectivity index (χ1v) is 7.38. The van der Waals surface area contributed by atoms with Crippen LogP contribution in [0, 0.1) is 0 Å². The summed E-state index contributed by atoms with van der Waals surface area (Å²) in [5.41, 5.74) is 2.85. The van der Waals surface area contributed by atoms with E-state index in [9.17, 15) is 4.79 Å². The molecule has 0 aliphatic carbocycles. The summed E-state index contributed by atoms with van der Waals surface area (Å²) >= 11 is 0. The maximum Gasteiger partial charge on any atom is 0.258 e. The number of pyridine rings is 1. The predicted molar refractivity (Wildman–Crippen MR) is 87.4 cm³/mol. The first kappa shape index (κ1) is 15.7. The highest BCUT2D eigenvalue weighted by atomic mass is 16.5. The van der Waals surface area contributed by atoms with E-state index >= 15 is 0 Å². The van der Waals surface area contributed by atoms with E-state index in [1.165, 1.54) is 11.8 Å². The van der Waals surface area contributed by atoms with E-state index in [-0.39, 0.29) is 5.91 Å². The number of rotatable bonds is 5. The highest BCUT2D eigenvalue weighted by Gasteiger charge is 2.17. The fraction of sp³-hybridized carbons (Fsp3) is 0.250. The Labute approximate surface area is 139 Å². The highest BCUT2D eigenvalue weighted by molar-refractivity contribution is 5.96. The number of carbonyl (C=O) groups excluding carboxylic acids is 1. The van der Waals surface area contributed by atoms with E-state index in [0.29, 0.717) is 18.0 Å². The quantitative estimate of drug-likeness (QED) is 0.760. The Morgan fingerprint density at radius 1 is 1.29 bits per heavy atom. The Morgan fingerprint density at radius 3 is 2.83 bits per heavy atom. The zero-order valence-corrected chi connectivity index (χ0v) is 13.7. The van der Waals surface area contributed by atoms with E-state index in [1.807, 2.05) is 31.3 Å². The van der Waals surface area contributed by atoms with Gasteiger partial charge < -0.3 is 10.1 Å². The van der Waals surface area contributed by atoms with Crippen LogP contribution < -0.4 is 10.1 Å². The van der Waals surface area contributed by atoms with E-state index < -0.39 is 0 Å². The lowest BCUT2D eigenvalue weighted by Gasteiger charge is -2.02. The Bertz CT molecular complexity index is 853. The van der Waals surface area contributed by atoms with Crippen LogP contribution in [0.25, 0.3) is 11.4 Å². The molecule has 0 bridgehead atoms. The van der Waals surface area contributed by atoms with Gasteiger partial charge in [-0.2, -0.15) is 5.10 Å². The molecule has 0 atom stereocenters. The predicted octanol–water partition coefficient (Wildman–Crippen LogP) is 1.15. The number of amides is 1. The third-order valence-electron chi connectivity index (χ3n) is 3.52. The minimum Gasteiger partial charge on any atom is -0.479 e. The summed E-state index contributed by atoms with van der Waals surface area (Å²) in [6.07, 6.45) is 3.35. The average Bonchev–Trinajstić information content (AvgIpc) is 3.16. The van der Waals surface area contributed by atoms with Crippen LogP contribution in [0.4, 0.5) is 0 Å². The van der Waals surface area contributed by atoms with Crippen LogP contribution in [0.5, 0.6) is 5.88 Å². The molecule has 0 aromatic carbocycles. The molecular weight excluding hydrogens is 308 g/mol. The van der Waals surface area contributed by atoms with Crippen molar-refractivity contribution in [3.63, 3.8) is 0 Å². The maximum absolute atomic E-state index is 12.3. The lowest BCUT2D eigenvalue weighted by molar-refractivity contribution is 0.0947. The fourth-order valence-corrected chi connectivity index (χ4v) is 2.41. The number of nitrogens with one attached hydrogen (secondary N) is 1. The molecule has 0 spiro atoms. The number of hydrogen-bond donors (Lipinski definition) is 1. The van der Waals surface area contributed by atoms with Crippen molar-refractivity contribution in [1.82, 2.24) is 29.9 Å². The van der Waals surface area contributed by atoms with Gasteiger partial charge in [-0.15, -0.1) is 5.10 Å². The SMILES string of the molecule is COc1nn(C)cc1C(=O)NCc1cc(-c2ccccn2)n(C)n1. The third-order valence-corrected chi connectivity index (χ3v) is 3.52. The molecule has 124 valence electrons. The summed E-state index contributed by atoms with van der Waals surface area (Å²) in [5.74, 6) is 0.0372. The van der Waals surface area contributed by atoms with Crippen LogP contribution in [0.3, 0.4) is 0 Å². The van der Waals surface area contributed by atoms with Gasteiger partial charge in [-0.05, 0) is 18.2 Å². The largest absolute Gasteiger partial charge is 0.479 e. The zero-order valence-electron chi connectivity index (χ0n) is 13.7. The van der Waals surface area contributed by atoms with Gasteiger partial charge in [0.15, 0.2) is 0 Å². The van der Waals surface area contributed by atoms with Crippen LogP contribution >= 0.6 is 0 Å². The molecule has 8 nitrogen and oxygen atoms in total. The van der Waals surface area contributed by atoms with Crippen molar-refractivity contribution in [2.75, 3.05) is 7.11 Å². The summed E-state index contributed by atoms with van der Waals surface area (Å²) in [4.78, 5) is 16.6. The highest BCUT2D eigenvalue weighted by Crippen LogP contribution is 2.17. The average molecular weight is 326 g/mol. The summed E-state index contributed by atoms with van der Waals surface area (Å²) in [5, 5.41) is 11.3. The molecule has 0 radical (unpaired) electrons. The Hall–Kier alpha value is -3.16. The maximum atomic E-state index is 12.3. The Morgan fingerprint density at radius 2 is 2.12 bits per heavy atom. The number of hydrogen-bond acceptors (Lipinski definition) is 5. The van der Waals surface area contributed by atoms with Gasteiger partial charge in [0.05, 0.1) is 30.7 Å². The molecule has 24 heavy (non-hydrogen) atoms. The molecule has 8 heteroatoms. The van der Waals surface area contributed by atoms with Gasteiger partial charge in [0.2, 0.25) is 5.88 Å². The van der Waals surface area contributed by atoms with E-state index in [2.05, 4.69) is 20.5 Å². The lowest BCUT2D eigenvalue weighted by Crippen LogP contribution is -2.23. The summed E-state index contributed by atoms with van der Waals surface area (Å²) < 4.78 is 8.38. The summed E-state index contributed by atoms with van der Waals surface area (Å²) in [7, 11) is 5.06. The molecule has 0 saturated carbocycles. The fourth-order valence-electron chi connectivity index (χ4n) is 2.41. The first-order valence-electron chi connectivity index (χ1n) is 7.38. The van der Waals surface area contributed by atoms with Gasteiger partial charge in [0.1, 0.15) is 5.56 Å². The molecule has 0 aliphatic rings. The molecule has 0 unspecified atom stereocenters. The van der Waals surface area contributed by atoms with Crippen molar-refractivity contribution in [2.24, 2.45) is 14.1 Å². The van der Waals surface area contributed by atoms with E-state index in [1.54, 1.807) is 24.1 Å². The van der Waals surface area contributed by atoms with Crippen LogP contribution in [-0.2, 0) is 20.6 Å². The topological polar surface area (TPSA) is 86.9 Å². The van der Waals surface area contributed by atoms with Crippen molar-refractivity contribution in [2.45, 2.75) is 6.54 Å². The number of aromatic nitrogens is 5. The van der Waals surface area contributed by atoms with Gasteiger partial charge >= 0.3 is 0 Å². The molecule has 0 saturated heterocycles. The molecule has 3 rings (SSSR count). The van der Waals surface area contributed by atoms with Crippen molar-refractivity contribution in [3.8, 4) is 17.3 Å². The van der Waals surface area contributed by atoms with Crippen molar-refractivity contribution < 1.29 is 9.53 Å². The molecular formula is C16H18N6O2. The molecule has 0 fully saturated rings. The van der Waals surface area contributed by atoms with Crippen LogP contribution in [-0.4, -0.2) is 37.6 Å². The lowest BCUT2D eigenvalue weighted by atomic mass is 10.2. The summed E-state index contributed by atoms with van der Waals surface area (Å²) in [6, 6.07) is 7.61. The molecule has 1 amide bonds. The minimum atomic E-state index is -0.259. The number of nitrogens with zero attached hydrogens (tertiary/aromatic N) is 5. The third kappa shape index (κ3) is 3.12. The van der Waals surface area contributed by atoms with Gasteiger partial charge in [0.25, 0.3) is 5.91 Å². The van der Waals surface area contributed by atoms with Crippen molar-refractivity contribution in [1.29, 1.82) is 0 Å². The number of methoxy groups -OCH3 is 1. The number of ether oxygens (including phenoxy) is 1. The second-order valence-electron chi connectivity index (χ2n) is 5.27. The smallest absolute Gasteiger partial charge is 0.258 e. The number of aryl methyl sites for hydroxylation is 2. The van der Waals surface area contributed by atoms with E-state index in [0.717, 1.165) is 17.1 Å². The number of carbonyl (C=O) groups is 1. The van der Waals surface area contributed by atoms with Crippen LogP contribution in [0.1, 0.15) is 16.1 Å². The standard InChI is InChI=1S/C16H18N6O2/c1-21-10-12(16(20-21)24-3)15(23)18-9-11-8-14(22(2)19-11)13-6-4-5-7-17-13/h4-8,10H,9H2,1-3H3,(H,18,23). The second-order valence-corrected chi connectivity index (χ2v) is 5.27. The molecule has 3 heterocycles. The second kappa shape index (κ2) is 6.53. The molecule has 1 N–H and O–H groups in total. The Kier molecular flexibility index (Phi) is 4.28. The minimum absolute atomic E-state index is 0.259. The zero-order chi connectivity index (χ0) is 17.1. The van der Waals surface area contributed by atoms with Gasteiger partial charge in [-0.25, -0.2) is 0 Å². The Balaban J connectivity index is 1.72. The molecule has 0 aliphatic heterocycles. The summed E-state index contributed by atoms with van der Waals surface area (Å²) in [6.45, 7) is 0.303. The monoisotopic (exact) mass is 326 g/mol.